The molecular formula is C23H32ClN5O4. The summed E-state index contributed by atoms with van der Waals surface area (Å²) < 4.78 is 8.03. The van der Waals surface area contributed by atoms with Gasteiger partial charge in [0.05, 0.1) is 6.54 Å². The number of nitrogen functional groups attached to an aromatic ring is 1. The quantitative estimate of drug-likeness (QED) is 0.543. The molecule has 0 radical (unpaired) electrons. The highest BCUT2D eigenvalue weighted by molar-refractivity contribution is 6.30. The number of hydrogen-bond donors (Lipinski definition) is 1. The second-order valence-corrected chi connectivity index (χ2v) is 9.19. The number of halogens is 1. The number of benzene rings is 1. The molecule has 2 N–H and O–H groups in total. The van der Waals surface area contributed by atoms with Crippen molar-refractivity contribution in [3.63, 3.8) is 0 Å². The Morgan fingerprint density at radius 3 is 2.30 bits per heavy atom. The molecule has 1 aliphatic rings. The lowest BCUT2D eigenvalue weighted by Gasteiger charge is -2.34. The third kappa shape index (κ3) is 6.25. The van der Waals surface area contributed by atoms with Gasteiger partial charge in [-0.15, -0.1) is 0 Å². The Morgan fingerprint density at radius 1 is 1.09 bits per heavy atom. The van der Waals surface area contributed by atoms with Crippen LogP contribution in [0.3, 0.4) is 0 Å². The minimum atomic E-state index is -0.638. The number of nitrogens with zero attached hydrogens (tertiary/aromatic N) is 4. The maximum Gasteiger partial charge on any atom is 0.332 e. The Labute approximate surface area is 198 Å². The monoisotopic (exact) mass is 477 g/mol. The number of ketones is 1. The molecule has 33 heavy (non-hydrogen) atoms. The summed E-state index contributed by atoms with van der Waals surface area (Å²) in [6.07, 6.45) is 0. The molecule has 0 unspecified atom stereocenters. The molecule has 1 saturated heterocycles. The third-order valence-electron chi connectivity index (χ3n) is 5.73. The number of ether oxygens (including phenoxy) is 1. The highest BCUT2D eigenvalue weighted by Gasteiger charge is 2.25. The maximum absolute atomic E-state index is 13.0. The van der Waals surface area contributed by atoms with E-state index in [2.05, 4.69) is 4.90 Å². The van der Waals surface area contributed by atoms with Crippen LogP contribution in [0.15, 0.2) is 33.9 Å². The summed E-state index contributed by atoms with van der Waals surface area (Å²) in [7, 11) is 1.38. The van der Waals surface area contributed by atoms with E-state index < -0.39 is 11.2 Å². The van der Waals surface area contributed by atoms with E-state index in [1.807, 2.05) is 30.9 Å². The van der Waals surface area contributed by atoms with Crippen LogP contribution in [-0.2, 0) is 13.6 Å². The van der Waals surface area contributed by atoms with Crippen LogP contribution in [0.5, 0.6) is 5.75 Å². The van der Waals surface area contributed by atoms with Gasteiger partial charge in [-0.1, -0.05) is 25.4 Å². The second kappa shape index (κ2) is 11.0. The second-order valence-electron chi connectivity index (χ2n) is 8.75. The van der Waals surface area contributed by atoms with Crippen LogP contribution in [0.4, 0.5) is 5.82 Å². The van der Waals surface area contributed by atoms with Crippen molar-refractivity contribution in [3.05, 3.63) is 55.7 Å². The normalized spacial score (nSPS) is 15.2. The van der Waals surface area contributed by atoms with E-state index in [0.717, 1.165) is 30.0 Å². The summed E-state index contributed by atoms with van der Waals surface area (Å²) in [5, 5.41) is 0.673. The molecule has 9 nitrogen and oxygen atoms in total. The topological polar surface area (TPSA) is 103 Å². The molecule has 2 heterocycles. The molecule has 0 amide bonds. The first-order valence-corrected chi connectivity index (χ1v) is 11.5. The van der Waals surface area contributed by atoms with Crippen molar-refractivity contribution >= 4 is 23.2 Å². The molecule has 0 bridgehead atoms. The standard InChI is InChI=1S/C23H32ClN5O4/c1-16(2)14-29-21(25)20(22(31)26(3)23(29)32)19(30)15-28-10-8-27(9-11-28)12-13-33-18-6-4-17(24)5-7-18/h4-7,16H,8-15,25H2,1-3H3. The summed E-state index contributed by atoms with van der Waals surface area (Å²) in [6, 6.07) is 7.27. The summed E-state index contributed by atoms with van der Waals surface area (Å²) in [4.78, 5) is 42.4. The molecule has 0 atom stereocenters. The third-order valence-corrected chi connectivity index (χ3v) is 5.98. The van der Waals surface area contributed by atoms with Crippen molar-refractivity contribution < 1.29 is 9.53 Å². The first kappa shape index (κ1) is 25.0. The summed E-state index contributed by atoms with van der Waals surface area (Å²) in [6.45, 7) is 8.62. The average Bonchev–Trinajstić information content (AvgIpc) is 2.78. The van der Waals surface area contributed by atoms with Gasteiger partial charge in [0.15, 0.2) is 5.78 Å². The Hall–Kier alpha value is -2.62. The number of piperazine rings is 1. The Balaban J connectivity index is 1.56. The lowest BCUT2D eigenvalue weighted by molar-refractivity contribution is 0.0829. The van der Waals surface area contributed by atoms with Crippen LogP contribution >= 0.6 is 11.6 Å². The molecule has 1 aliphatic heterocycles. The van der Waals surface area contributed by atoms with Crippen molar-refractivity contribution in [2.24, 2.45) is 13.0 Å². The predicted octanol–water partition coefficient (Wildman–Crippen LogP) is 1.32. The number of carbonyl (C=O) groups is 1. The molecule has 2 aromatic rings. The Morgan fingerprint density at radius 2 is 1.70 bits per heavy atom. The number of Topliss-reactive ketones (excluding diaryl/α,β-unsaturated/α-hetero) is 1. The molecule has 10 heteroatoms. The van der Waals surface area contributed by atoms with Crippen molar-refractivity contribution in [2.75, 3.05) is 51.6 Å². The number of rotatable bonds is 9. The smallest absolute Gasteiger partial charge is 0.332 e. The van der Waals surface area contributed by atoms with E-state index >= 15 is 0 Å². The largest absolute Gasteiger partial charge is 0.492 e. The van der Waals surface area contributed by atoms with E-state index in [9.17, 15) is 14.4 Å². The molecule has 1 aromatic carbocycles. The van der Waals surface area contributed by atoms with E-state index in [4.69, 9.17) is 22.1 Å². The van der Waals surface area contributed by atoms with Gasteiger partial charge in [0.2, 0.25) is 0 Å². The lowest BCUT2D eigenvalue weighted by atomic mass is 10.1. The first-order valence-electron chi connectivity index (χ1n) is 11.1. The van der Waals surface area contributed by atoms with Gasteiger partial charge >= 0.3 is 5.69 Å². The predicted molar refractivity (Wildman–Crippen MR) is 129 cm³/mol. The zero-order valence-corrected chi connectivity index (χ0v) is 20.2. The number of anilines is 1. The van der Waals surface area contributed by atoms with Gasteiger partial charge in [0.1, 0.15) is 23.7 Å². The first-order chi connectivity index (χ1) is 15.7. The fraction of sp³-hybridized carbons (Fsp3) is 0.522. The minimum absolute atomic E-state index is 0.0419. The van der Waals surface area contributed by atoms with Crippen LogP contribution < -0.4 is 21.7 Å². The van der Waals surface area contributed by atoms with Gasteiger partial charge in [-0.3, -0.25) is 28.5 Å². The van der Waals surface area contributed by atoms with Crippen molar-refractivity contribution in [1.82, 2.24) is 18.9 Å². The average molecular weight is 478 g/mol. The highest BCUT2D eigenvalue weighted by Crippen LogP contribution is 2.15. The molecule has 0 aliphatic carbocycles. The zero-order chi connectivity index (χ0) is 24.1. The Kier molecular flexibility index (Phi) is 8.34. The molecule has 1 aromatic heterocycles. The summed E-state index contributed by atoms with van der Waals surface area (Å²) in [5.74, 6) is 0.522. The van der Waals surface area contributed by atoms with Gasteiger partial charge < -0.3 is 10.5 Å². The maximum atomic E-state index is 13.0. The van der Waals surface area contributed by atoms with Gasteiger partial charge in [0, 0.05) is 51.3 Å². The van der Waals surface area contributed by atoms with E-state index in [1.165, 1.54) is 11.6 Å². The summed E-state index contributed by atoms with van der Waals surface area (Å²) in [5.41, 5.74) is 4.88. The van der Waals surface area contributed by atoms with Gasteiger partial charge in [-0.2, -0.15) is 0 Å². The van der Waals surface area contributed by atoms with Crippen molar-refractivity contribution in [1.29, 1.82) is 0 Å². The SMILES string of the molecule is CC(C)Cn1c(N)c(C(=O)CN2CCN(CCOc3ccc(Cl)cc3)CC2)c(=O)n(C)c1=O. The summed E-state index contributed by atoms with van der Waals surface area (Å²) >= 11 is 5.88. The van der Waals surface area contributed by atoms with Crippen LogP contribution in [-0.4, -0.2) is 70.6 Å². The molecule has 0 spiro atoms. The molecule has 1 fully saturated rings. The van der Waals surface area contributed by atoms with Gasteiger partial charge in [-0.25, -0.2) is 4.79 Å². The van der Waals surface area contributed by atoms with E-state index in [-0.39, 0.29) is 29.6 Å². The van der Waals surface area contributed by atoms with Crippen LogP contribution in [0.25, 0.3) is 0 Å². The molecule has 180 valence electrons. The molecule has 0 saturated carbocycles. The number of carbonyl (C=O) groups excluding carboxylic acids is 1. The number of hydrogen-bond acceptors (Lipinski definition) is 7. The highest BCUT2D eigenvalue weighted by atomic mass is 35.5. The molecular weight excluding hydrogens is 446 g/mol. The fourth-order valence-corrected chi connectivity index (χ4v) is 3.99. The van der Waals surface area contributed by atoms with Crippen LogP contribution in [0, 0.1) is 5.92 Å². The minimum Gasteiger partial charge on any atom is -0.492 e. The van der Waals surface area contributed by atoms with Gasteiger partial charge in [-0.05, 0) is 30.2 Å². The lowest BCUT2D eigenvalue weighted by Crippen LogP contribution is -2.50. The van der Waals surface area contributed by atoms with E-state index in [1.54, 1.807) is 12.1 Å². The number of nitrogens with two attached hydrogens (primary N) is 1. The van der Waals surface area contributed by atoms with Crippen LogP contribution in [0.1, 0.15) is 24.2 Å². The zero-order valence-electron chi connectivity index (χ0n) is 19.4. The van der Waals surface area contributed by atoms with E-state index in [0.29, 0.717) is 31.3 Å². The fourth-order valence-electron chi connectivity index (χ4n) is 3.86. The van der Waals surface area contributed by atoms with Gasteiger partial charge in [0.25, 0.3) is 5.56 Å². The number of aromatic nitrogens is 2. The van der Waals surface area contributed by atoms with Crippen molar-refractivity contribution in [2.45, 2.75) is 20.4 Å². The van der Waals surface area contributed by atoms with Crippen LogP contribution in [0.2, 0.25) is 5.02 Å². The van der Waals surface area contributed by atoms with Crippen molar-refractivity contribution in [3.8, 4) is 5.75 Å². The molecule has 3 rings (SSSR count). The Bertz CT molecular complexity index is 1090.